The Morgan fingerprint density at radius 2 is 1.71 bits per heavy atom. The number of piperidine rings is 1. The van der Waals surface area contributed by atoms with Gasteiger partial charge >= 0.3 is 12.2 Å². The summed E-state index contributed by atoms with van der Waals surface area (Å²) in [5.41, 5.74) is -1.09. The van der Waals surface area contributed by atoms with Crippen LogP contribution in [0.2, 0.25) is 0 Å². The summed E-state index contributed by atoms with van der Waals surface area (Å²) in [4.78, 5) is 26.8. The van der Waals surface area contributed by atoms with Gasteiger partial charge in [-0.05, 0) is 49.7 Å². The molecule has 6 nitrogen and oxygen atoms in total. The number of anilines is 2. The van der Waals surface area contributed by atoms with E-state index in [1.54, 1.807) is 30.3 Å². The number of hydrogen-bond donors (Lipinski definition) is 3. The van der Waals surface area contributed by atoms with E-state index in [-0.39, 0.29) is 17.4 Å². The standard InChI is InChI=1S/C22H25F3N4O2/c1-2-29-12-10-16(11-13-29)27-21(31)28-19-9-8-17(14-18(19)22(23,24)25)26-20(30)15-6-4-3-5-7-15/h3-9,14,16H,2,10-13H2,1H3,(H,26,30)(H2,27,28,31). The van der Waals surface area contributed by atoms with Crippen LogP contribution in [-0.2, 0) is 6.18 Å². The SMILES string of the molecule is CCN1CCC(NC(=O)Nc2ccc(NC(=O)c3ccccc3)cc2C(F)(F)F)CC1. The zero-order valence-corrected chi connectivity index (χ0v) is 17.1. The van der Waals surface area contributed by atoms with Crippen LogP contribution in [-0.4, -0.2) is 42.5 Å². The molecule has 3 N–H and O–H groups in total. The van der Waals surface area contributed by atoms with Gasteiger partial charge < -0.3 is 20.9 Å². The van der Waals surface area contributed by atoms with E-state index in [4.69, 9.17) is 0 Å². The summed E-state index contributed by atoms with van der Waals surface area (Å²) < 4.78 is 40.8. The number of hydrogen-bond acceptors (Lipinski definition) is 3. The fourth-order valence-electron chi connectivity index (χ4n) is 3.50. The second-order valence-electron chi connectivity index (χ2n) is 7.39. The Morgan fingerprint density at radius 1 is 1.03 bits per heavy atom. The molecule has 0 atom stereocenters. The molecule has 2 aromatic rings. The molecule has 0 bridgehead atoms. The highest BCUT2D eigenvalue weighted by molar-refractivity contribution is 6.04. The van der Waals surface area contributed by atoms with Gasteiger partial charge in [-0.25, -0.2) is 4.79 Å². The fourth-order valence-corrected chi connectivity index (χ4v) is 3.50. The third-order valence-electron chi connectivity index (χ3n) is 5.24. The Hall–Kier alpha value is -3.07. The van der Waals surface area contributed by atoms with Crippen molar-refractivity contribution < 1.29 is 22.8 Å². The maximum atomic E-state index is 13.6. The number of benzene rings is 2. The normalized spacial score (nSPS) is 15.4. The molecule has 1 heterocycles. The van der Waals surface area contributed by atoms with Crippen molar-refractivity contribution >= 4 is 23.3 Å². The molecule has 31 heavy (non-hydrogen) atoms. The average Bonchev–Trinajstić information content (AvgIpc) is 2.75. The summed E-state index contributed by atoms with van der Waals surface area (Å²) in [7, 11) is 0. The van der Waals surface area contributed by atoms with Gasteiger partial charge in [-0.3, -0.25) is 4.79 Å². The van der Waals surface area contributed by atoms with E-state index in [0.717, 1.165) is 44.6 Å². The summed E-state index contributed by atoms with van der Waals surface area (Å²) in [6.07, 6.45) is -3.21. The van der Waals surface area contributed by atoms with Crippen molar-refractivity contribution in [2.24, 2.45) is 0 Å². The van der Waals surface area contributed by atoms with E-state index in [2.05, 4.69) is 27.8 Å². The highest BCUT2D eigenvalue weighted by atomic mass is 19.4. The first-order valence-electron chi connectivity index (χ1n) is 10.1. The lowest BCUT2D eigenvalue weighted by atomic mass is 10.1. The quantitative estimate of drug-likeness (QED) is 0.646. The van der Waals surface area contributed by atoms with Crippen LogP contribution in [0.4, 0.5) is 29.3 Å². The Labute approximate surface area is 178 Å². The molecule has 0 spiro atoms. The number of carbonyl (C=O) groups is 2. The van der Waals surface area contributed by atoms with E-state index in [1.807, 2.05) is 0 Å². The number of rotatable bonds is 5. The molecule has 2 aromatic carbocycles. The highest BCUT2D eigenvalue weighted by Crippen LogP contribution is 2.36. The van der Waals surface area contributed by atoms with Crippen LogP contribution in [0, 0.1) is 0 Å². The molecule has 1 aliphatic heterocycles. The van der Waals surface area contributed by atoms with Crippen LogP contribution in [0.1, 0.15) is 35.7 Å². The molecule has 9 heteroatoms. The lowest BCUT2D eigenvalue weighted by molar-refractivity contribution is -0.136. The van der Waals surface area contributed by atoms with Crippen LogP contribution in [0.5, 0.6) is 0 Å². The van der Waals surface area contributed by atoms with Crippen LogP contribution in [0.25, 0.3) is 0 Å². The number of nitrogens with one attached hydrogen (secondary N) is 3. The topological polar surface area (TPSA) is 73.5 Å². The molecule has 3 rings (SSSR count). The van der Waals surface area contributed by atoms with Gasteiger partial charge in [-0.1, -0.05) is 25.1 Å². The Kier molecular flexibility index (Phi) is 7.17. The highest BCUT2D eigenvalue weighted by Gasteiger charge is 2.34. The molecule has 0 aromatic heterocycles. The van der Waals surface area contributed by atoms with Crippen molar-refractivity contribution in [3.05, 3.63) is 59.7 Å². The number of urea groups is 1. The van der Waals surface area contributed by atoms with Gasteiger partial charge in [-0.15, -0.1) is 0 Å². The van der Waals surface area contributed by atoms with Gasteiger partial charge in [0, 0.05) is 30.4 Å². The number of halogens is 3. The minimum atomic E-state index is -4.71. The summed E-state index contributed by atoms with van der Waals surface area (Å²) in [5.74, 6) is -0.523. The van der Waals surface area contributed by atoms with Crippen molar-refractivity contribution in [3.63, 3.8) is 0 Å². The summed E-state index contributed by atoms with van der Waals surface area (Å²) in [5, 5.41) is 7.51. The van der Waals surface area contributed by atoms with Gasteiger partial charge in [0.05, 0.1) is 11.3 Å². The Morgan fingerprint density at radius 3 is 2.32 bits per heavy atom. The number of carbonyl (C=O) groups excluding carboxylic acids is 2. The zero-order chi connectivity index (χ0) is 22.4. The predicted octanol–water partition coefficient (Wildman–Crippen LogP) is 4.56. The van der Waals surface area contributed by atoms with Crippen molar-refractivity contribution in [2.75, 3.05) is 30.3 Å². The predicted molar refractivity (Wildman–Crippen MR) is 113 cm³/mol. The maximum Gasteiger partial charge on any atom is 0.418 e. The lowest BCUT2D eigenvalue weighted by Gasteiger charge is -2.31. The first-order valence-corrected chi connectivity index (χ1v) is 10.1. The molecular weight excluding hydrogens is 409 g/mol. The van der Waals surface area contributed by atoms with E-state index in [9.17, 15) is 22.8 Å². The van der Waals surface area contributed by atoms with Gasteiger partial charge in [-0.2, -0.15) is 13.2 Å². The third-order valence-corrected chi connectivity index (χ3v) is 5.24. The van der Waals surface area contributed by atoms with E-state index >= 15 is 0 Å². The molecule has 0 unspecified atom stereocenters. The Bertz CT molecular complexity index is 911. The molecule has 0 aliphatic carbocycles. The van der Waals surface area contributed by atoms with E-state index in [0.29, 0.717) is 5.56 Å². The first kappa shape index (κ1) is 22.6. The number of nitrogens with zero attached hydrogens (tertiary/aromatic N) is 1. The largest absolute Gasteiger partial charge is 0.418 e. The molecule has 1 saturated heterocycles. The number of likely N-dealkylation sites (tertiary alicyclic amines) is 1. The van der Waals surface area contributed by atoms with Crippen LogP contribution in [0.3, 0.4) is 0 Å². The molecule has 1 aliphatic rings. The van der Waals surface area contributed by atoms with Crippen LogP contribution < -0.4 is 16.0 Å². The fraction of sp³-hybridized carbons (Fsp3) is 0.364. The van der Waals surface area contributed by atoms with Gasteiger partial charge in [0.15, 0.2) is 0 Å². The van der Waals surface area contributed by atoms with Gasteiger partial charge in [0.2, 0.25) is 0 Å². The molecule has 0 radical (unpaired) electrons. The second-order valence-corrected chi connectivity index (χ2v) is 7.39. The summed E-state index contributed by atoms with van der Waals surface area (Å²) >= 11 is 0. The minimum absolute atomic E-state index is 0.0147. The van der Waals surface area contributed by atoms with Gasteiger partial charge in [0.25, 0.3) is 5.91 Å². The summed E-state index contributed by atoms with van der Waals surface area (Å²) in [6.45, 7) is 4.67. The van der Waals surface area contributed by atoms with Gasteiger partial charge in [0.1, 0.15) is 0 Å². The van der Waals surface area contributed by atoms with Crippen LogP contribution >= 0.6 is 0 Å². The van der Waals surface area contributed by atoms with E-state index < -0.39 is 23.7 Å². The third kappa shape index (κ3) is 6.21. The van der Waals surface area contributed by atoms with Crippen molar-refractivity contribution in [1.29, 1.82) is 0 Å². The average molecular weight is 434 g/mol. The monoisotopic (exact) mass is 434 g/mol. The molecule has 166 valence electrons. The zero-order valence-electron chi connectivity index (χ0n) is 17.1. The first-order chi connectivity index (χ1) is 14.8. The van der Waals surface area contributed by atoms with Crippen LogP contribution in [0.15, 0.2) is 48.5 Å². The maximum absolute atomic E-state index is 13.6. The van der Waals surface area contributed by atoms with E-state index in [1.165, 1.54) is 6.07 Å². The smallest absolute Gasteiger partial charge is 0.335 e. The van der Waals surface area contributed by atoms with Crippen molar-refractivity contribution in [1.82, 2.24) is 10.2 Å². The second kappa shape index (κ2) is 9.82. The number of alkyl halides is 3. The molecule has 1 fully saturated rings. The molecule has 3 amide bonds. The van der Waals surface area contributed by atoms with Crippen molar-refractivity contribution in [2.45, 2.75) is 32.0 Å². The Balaban J connectivity index is 1.69. The lowest BCUT2D eigenvalue weighted by Crippen LogP contribution is -2.45. The molecule has 0 saturated carbocycles. The summed E-state index contributed by atoms with van der Waals surface area (Å²) in [6, 6.07) is 10.7. The number of amides is 3. The van der Waals surface area contributed by atoms with Crippen molar-refractivity contribution in [3.8, 4) is 0 Å². The minimum Gasteiger partial charge on any atom is -0.335 e. The molecular formula is C22H25F3N4O2.